The highest BCUT2D eigenvalue weighted by atomic mass is 35.5. The van der Waals surface area contributed by atoms with Crippen LogP contribution in [0.2, 0.25) is 0 Å². The number of halogens is 1. The first-order valence-electron chi connectivity index (χ1n) is 10.0. The molecule has 30 heavy (non-hydrogen) atoms. The summed E-state index contributed by atoms with van der Waals surface area (Å²) in [4.78, 5) is 23.9. The lowest BCUT2D eigenvalue weighted by Crippen LogP contribution is -2.36. The average molecular weight is 447 g/mol. The highest BCUT2D eigenvalue weighted by Crippen LogP contribution is 2.25. The molecule has 160 valence electrons. The van der Waals surface area contributed by atoms with Crippen LogP contribution >= 0.6 is 23.7 Å². The van der Waals surface area contributed by atoms with E-state index >= 15 is 0 Å². The fraction of sp³-hybridized carbons (Fsp3) is 0.409. The van der Waals surface area contributed by atoms with Gasteiger partial charge in [0.2, 0.25) is 0 Å². The number of fused-ring (bicyclic) bond motifs is 1. The van der Waals surface area contributed by atoms with Crippen molar-refractivity contribution in [2.24, 2.45) is 11.7 Å². The van der Waals surface area contributed by atoms with E-state index < -0.39 is 0 Å². The first kappa shape index (κ1) is 22.5. The molecule has 1 aliphatic rings. The summed E-state index contributed by atoms with van der Waals surface area (Å²) >= 11 is 1.47. The minimum atomic E-state index is -0.120. The number of carbonyl (C=O) groups is 1. The Hall–Kier alpha value is -2.22. The average Bonchev–Trinajstić information content (AvgIpc) is 3.34. The normalized spacial score (nSPS) is 14.3. The Kier molecular flexibility index (Phi) is 7.28. The lowest BCUT2D eigenvalue weighted by molar-refractivity contribution is 0.0722. The SMILES string of the molecule is CC(C)C[C@H](N)c1nc(C(=O)N2CCc3oc(Cc4ccccc4)nc3C2)cs1.Cl. The largest absolute Gasteiger partial charge is 0.445 e. The summed E-state index contributed by atoms with van der Waals surface area (Å²) in [5.74, 6) is 2.01. The molecule has 3 aromatic rings. The van der Waals surface area contributed by atoms with Crippen molar-refractivity contribution < 1.29 is 9.21 Å². The molecule has 1 amide bonds. The molecule has 3 heterocycles. The Balaban J connectivity index is 0.00000256. The van der Waals surface area contributed by atoms with Gasteiger partial charge in [0.25, 0.3) is 5.91 Å². The Morgan fingerprint density at radius 2 is 2.03 bits per heavy atom. The topological polar surface area (TPSA) is 85.2 Å². The summed E-state index contributed by atoms with van der Waals surface area (Å²) in [6.07, 6.45) is 2.19. The van der Waals surface area contributed by atoms with E-state index in [0.717, 1.165) is 28.4 Å². The molecule has 0 saturated heterocycles. The number of carbonyl (C=O) groups excluding carboxylic acids is 1. The third-order valence-electron chi connectivity index (χ3n) is 5.04. The maximum absolute atomic E-state index is 12.9. The molecule has 8 heteroatoms. The van der Waals surface area contributed by atoms with Gasteiger partial charge < -0.3 is 15.1 Å². The fourth-order valence-electron chi connectivity index (χ4n) is 3.60. The lowest BCUT2D eigenvalue weighted by Gasteiger charge is -2.24. The monoisotopic (exact) mass is 446 g/mol. The van der Waals surface area contributed by atoms with E-state index in [2.05, 4.69) is 35.9 Å². The van der Waals surface area contributed by atoms with Crippen LogP contribution in [-0.4, -0.2) is 27.3 Å². The van der Waals surface area contributed by atoms with Crippen LogP contribution in [0.15, 0.2) is 40.1 Å². The zero-order valence-electron chi connectivity index (χ0n) is 17.2. The molecule has 6 nitrogen and oxygen atoms in total. The zero-order chi connectivity index (χ0) is 20.4. The predicted molar refractivity (Wildman–Crippen MR) is 120 cm³/mol. The molecule has 0 fully saturated rings. The van der Waals surface area contributed by atoms with Gasteiger partial charge in [-0.3, -0.25) is 4.79 Å². The molecule has 0 unspecified atom stereocenters. The molecular formula is C22H27ClN4O2S. The second-order valence-electron chi connectivity index (χ2n) is 7.92. The van der Waals surface area contributed by atoms with Crippen LogP contribution < -0.4 is 5.73 Å². The fourth-order valence-corrected chi connectivity index (χ4v) is 4.41. The van der Waals surface area contributed by atoms with Crippen LogP contribution in [0, 0.1) is 5.92 Å². The third-order valence-corrected chi connectivity index (χ3v) is 6.02. The summed E-state index contributed by atoms with van der Waals surface area (Å²) < 4.78 is 5.94. The highest BCUT2D eigenvalue weighted by molar-refractivity contribution is 7.09. The molecule has 1 aliphatic heterocycles. The maximum atomic E-state index is 12.9. The van der Waals surface area contributed by atoms with Gasteiger partial charge in [0.05, 0.1) is 12.6 Å². The number of amides is 1. The summed E-state index contributed by atoms with van der Waals surface area (Å²) in [6.45, 7) is 5.33. The molecule has 2 N–H and O–H groups in total. The second-order valence-corrected chi connectivity index (χ2v) is 8.81. The van der Waals surface area contributed by atoms with E-state index in [1.165, 1.54) is 11.3 Å². The molecule has 1 aromatic carbocycles. The molecule has 0 bridgehead atoms. The summed E-state index contributed by atoms with van der Waals surface area (Å²) in [5.41, 5.74) is 8.70. The lowest BCUT2D eigenvalue weighted by atomic mass is 10.1. The van der Waals surface area contributed by atoms with E-state index in [-0.39, 0.29) is 24.4 Å². The summed E-state index contributed by atoms with van der Waals surface area (Å²) in [5, 5.41) is 2.64. The van der Waals surface area contributed by atoms with Crippen molar-refractivity contribution in [1.82, 2.24) is 14.9 Å². The van der Waals surface area contributed by atoms with E-state index in [9.17, 15) is 4.79 Å². The highest BCUT2D eigenvalue weighted by Gasteiger charge is 2.28. The van der Waals surface area contributed by atoms with Crippen LogP contribution in [0.1, 0.15) is 64.7 Å². The smallest absolute Gasteiger partial charge is 0.273 e. The van der Waals surface area contributed by atoms with Crippen LogP contribution in [-0.2, 0) is 19.4 Å². The molecule has 4 rings (SSSR count). The van der Waals surface area contributed by atoms with Gasteiger partial charge in [-0.2, -0.15) is 0 Å². The van der Waals surface area contributed by atoms with Crippen molar-refractivity contribution in [3.63, 3.8) is 0 Å². The quantitative estimate of drug-likeness (QED) is 0.607. The van der Waals surface area contributed by atoms with Gasteiger partial charge in [-0.05, 0) is 17.9 Å². The number of benzene rings is 1. The van der Waals surface area contributed by atoms with Crippen molar-refractivity contribution in [2.45, 2.75) is 45.7 Å². The van der Waals surface area contributed by atoms with Gasteiger partial charge in [-0.15, -0.1) is 23.7 Å². The van der Waals surface area contributed by atoms with Gasteiger partial charge in [-0.1, -0.05) is 44.2 Å². The Bertz CT molecular complexity index is 986. The zero-order valence-corrected chi connectivity index (χ0v) is 18.8. The minimum Gasteiger partial charge on any atom is -0.445 e. The van der Waals surface area contributed by atoms with Gasteiger partial charge in [0.1, 0.15) is 22.2 Å². The van der Waals surface area contributed by atoms with E-state index in [4.69, 9.17) is 10.2 Å². The van der Waals surface area contributed by atoms with Gasteiger partial charge in [-0.25, -0.2) is 9.97 Å². The summed E-state index contributed by atoms with van der Waals surface area (Å²) in [6, 6.07) is 10.0. The van der Waals surface area contributed by atoms with Crippen molar-refractivity contribution in [1.29, 1.82) is 0 Å². The number of aromatic nitrogens is 2. The van der Waals surface area contributed by atoms with Crippen molar-refractivity contribution in [2.75, 3.05) is 6.54 Å². The Morgan fingerprint density at radius 3 is 2.77 bits per heavy atom. The Morgan fingerprint density at radius 1 is 1.27 bits per heavy atom. The van der Waals surface area contributed by atoms with Crippen LogP contribution in [0.25, 0.3) is 0 Å². The number of hydrogen-bond donors (Lipinski definition) is 1. The molecule has 0 aliphatic carbocycles. The number of nitrogens with two attached hydrogens (primary N) is 1. The molecular weight excluding hydrogens is 420 g/mol. The van der Waals surface area contributed by atoms with Gasteiger partial charge in [0, 0.05) is 24.8 Å². The van der Waals surface area contributed by atoms with Crippen molar-refractivity contribution >= 4 is 29.7 Å². The Labute approximate surface area is 186 Å². The van der Waals surface area contributed by atoms with Gasteiger partial charge in [0.15, 0.2) is 5.89 Å². The number of nitrogens with zero attached hydrogens (tertiary/aromatic N) is 3. The molecule has 0 radical (unpaired) electrons. The minimum absolute atomic E-state index is 0. The first-order chi connectivity index (χ1) is 14.0. The van der Waals surface area contributed by atoms with Crippen LogP contribution in [0.4, 0.5) is 0 Å². The molecule has 0 saturated carbocycles. The number of hydrogen-bond acceptors (Lipinski definition) is 6. The predicted octanol–water partition coefficient (Wildman–Crippen LogP) is 4.39. The number of oxazole rings is 1. The van der Waals surface area contributed by atoms with E-state index in [1.54, 1.807) is 4.90 Å². The number of thiazole rings is 1. The third kappa shape index (κ3) is 5.09. The van der Waals surface area contributed by atoms with E-state index in [1.807, 2.05) is 23.6 Å². The van der Waals surface area contributed by atoms with E-state index in [0.29, 0.717) is 43.4 Å². The standard InChI is InChI=1S/C22H26N4O2S.ClH/c1-14(2)10-16(23)21-25-18(13-29-21)22(27)26-9-8-19-17(12-26)24-20(28-19)11-15-6-4-3-5-7-15;/h3-7,13-14,16H,8-12,23H2,1-2H3;1H/t16-;/m0./s1. The van der Waals surface area contributed by atoms with Gasteiger partial charge >= 0.3 is 0 Å². The molecule has 0 spiro atoms. The van der Waals surface area contributed by atoms with Crippen molar-refractivity contribution in [3.8, 4) is 0 Å². The molecule has 2 aromatic heterocycles. The molecule has 1 atom stereocenters. The first-order valence-corrected chi connectivity index (χ1v) is 10.9. The van der Waals surface area contributed by atoms with Crippen LogP contribution in [0.3, 0.4) is 0 Å². The van der Waals surface area contributed by atoms with Crippen LogP contribution in [0.5, 0.6) is 0 Å². The maximum Gasteiger partial charge on any atom is 0.273 e. The number of rotatable bonds is 6. The second kappa shape index (κ2) is 9.73. The van der Waals surface area contributed by atoms with Crippen molar-refractivity contribution in [3.05, 3.63) is 69.3 Å². The summed E-state index contributed by atoms with van der Waals surface area (Å²) in [7, 11) is 0.